The fourth-order valence-corrected chi connectivity index (χ4v) is 4.06. The van der Waals surface area contributed by atoms with Crippen molar-refractivity contribution in [1.82, 2.24) is 14.7 Å². The Morgan fingerprint density at radius 3 is 2.58 bits per heavy atom. The van der Waals surface area contributed by atoms with Crippen LogP contribution < -0.4 is 0 Å². The number of hydrogen-bond acceptors (Lipinski definition) is 3. The van der Waals surface area contributed by atoms with E-state index in [1.165, 1.54) is 5.56 Å². The molecule has 0 saturated carbocycles. The van der Waals surface area contributed by atoms with E-state index in [2.05, 4.69) is 12.0 Å². The van der Waals surface area contributed by atoms with Crippen molar-refractivity contribution in [3.63, 3.8) is 0 Å². The van der Waals surface area contributed by atoms with Crippen LogP contribution in [0.15, 0.2) is 10.5 Å². The minimum atomic E-state index is -0.180. The quantitative estimate of drug-likeness (QED) is 0.862. The Morgan fingerprint density at radius 2 is 2.04 bits per heavy atom. The van der Waals surface area contributed by atoms with Crippen LogP contribution in [-0.2, 0) is 11.8 Å². The van der Waals surface area contributed by atoms with Gasteiger partial charge in [-0.15, -0.1) is 0 Å². The summed E-state index contributed by atoms with van der Waals surface area (Å²) < 4.78 is 7.53. The van der Waals surface area contributed by atoms with Crippen molar-refractivity contribution in [3.05, 3.63) is 40.1 Å². The van der Waals surface area contributed by atoms with Crippen molar-refractivity contribution in [2.24, 2.45) is 7.05 Å². The number of nitrogens with zero attached hydrogens (tertiary/aromatic N) is 3. The van der Waals surface area contributed by atoms with Crippen molar-refractivity contribution < 1.29 is 9.21 Å². The van der Waals surface area contributed by atoms with Gasteiger partial charge in [0, 0.05) is 30.4 Å². The lowest BCUT2D eigenvalue weighted by molar-refractivity contribution is -0.133. The second-order valence-corrected chi connectivity index (χ2v) is 6.99. The average Bonchev–Trinajstić information content (AvgIpc) is 3.17. The van der Waals surface area contributed by atoms with Crippen LogP contribution in [0.25, 0.3) is 0 Å². The molecular weight excluding hydrogens is 302 g/mol. The Balaban J connectivity index is 1.90. The molecule has 1 amide bonds. The van der Waals surface area contributed by atoms with Crippen molar-refractivity contribution in [2.45, 2.75) is 59.4 Å². The maximum absolute atomic E-state index is 13.2. The molecule has 0 N–H and O–H groups in total. The maximum atomic E-state index is 13.2. The van der Waals surface area contributed by atoms with Gasteiger partial charge in [0.25, 0.3) is 0 Å². The molecule has 0 radical (unpaired) electrons. The first-order valence-corrected chi connectivity index (χ1v) is 8.68. The Kier molecular flexibility index (Phi) is 4.28. The minimum Gasteiger partial charge on any atom is -0.466 e. The van der Waals surface area contributed by atoms with Crippen LogP contribution in [0.4, 0.5) is 0 Å². The van der Waals surface area contributed by atoms with Gasteiger partial charge in [-0.1, -0.05) is 0 Å². The fourth-order valence-electron chi connectivity index (χ4n) is 4.06. The standard InChI is InChI=1S/C19H27N3O2/c1-11-10-16(15(5)24-11)12(2)19(23)22-9-7-8-17(22)18-13(3)20-21(6)14(18)4/h10,12,17H,7-9H2,1-6H3/t12-,17+/m1/s1. The Bertz CT molecular complexity index is 772. The Hall–Kier alpha value is -2.04. The summed E-state index contributed by atoms with van der Waals surface area (Å²) in [6, 6.07) is 2.13. The average molecular weight is 329 g/mol. The summed E-state index contributed by atoms with van der Waals surface area (Å²) in [4.78, 5) is 15.2. The molecule has 0 unspecified atom stereocenters. The molecule has 0 bridgehead atoms. The van der Waals surface area contributed by atoms with E-state index in [9.17, 15) is 4.79 Å². The second kappa shape index (κ2) is 6.11. The number of carbonyl (C=O) groups excluding carboxylic acids is 1. The van der Waals surface area contributed by atoms with Crippen LogP contribution in [0.2, 0.25) is 0 Å². The van der Waals surface area contributed by atoms with Gasteiger partial charge in [0.15, 0.2) is 0 Å². The molecule has 0 spiro atoms. The Labute approximate surface area is 143 Å². The number of aryl methyl sites for hydroxylation is 4. The monoisotopic (exact) mass is 329 g/mol. The third kappa shape index (κ3) is 2.66. The van der Waals surface area contributed by atoms with Gasteiger partial charge in [0.05, 0.1) is 17.7 Å². The number of rotatable bonds is 3. The molecule has 3 rings (SSSR count). The summed E-state index contributed by atoms with van der Waals surface area (Å²) >= 11 is 0. The first-order valence-electron chi connectivity index (χ1n) is 8.68. The molecule has 1 fully saturated rings. The SMILES string of the molecule is Cc1cc([C@@H](C)C(=O)N2CCC[C@H]2c2c(C)nn(C)c2C)c(C)o1. The van der Waals surface area contributed by atoms with Gasteiger partial charge in [-0.3, -0.25) is 9.48 Å². The number of aromatic nitrogens is 2. The first kappa shape index (κ1) is 16.8. The highest BCUT2D eigenvalue weighted by atomic mass is 16.3. The van der Waals surface area contributed by atoms with Crippen LogP contribution in [0.3, 0.4) is 0 Å². The molecule has 0 aliphatic carbocycles. The molecule has 2 atom stereocenters. The van der Waals surface area contributed by atoms with Crippen molar-refractivity contribution in [2.75, 3.05) is 6.54 Å². The van der Waals surface area contributed by atoms with Gasteiger partial charge in [-0.25, -0.2) is 0 Å². The lowest BCUT2D eigenvalue weighted by Gasteiger charge is -2.28. The normalized spacial score (nSPS) is 19.1. The van der Waals surface area contributed by atoms with Crippen LogP contribution in [0.1, 0.15) is 65.8 Å². The van der Waals surface area contributed by atoms with Gasteiger partial charge < -0.3 is 9.32 Å². The molecule has 2 aromatic rings. The molecule has 2 aromatic heterocycles. The molecule has 1 saturated heterocycles. The molecule has 5 nitrogen and oxygen atoms in total. The zero-order chi connectivity index (χ0) is 17.6. The van der Waals surface area contributed by atoms with E-state index in [-0.39, 0.29) is 17.9 Å². The third-order valence-electron chi connectivity index (χ3n) is 5.35. The predicted molar refractivity (Wildman–Crippen MR) is 93.0 cm³/mol. The van der Waals surface area contributed by atoms with Gasteiger partial charge in [0.1, 0.15) is 11.5 Å². The second-order valence-electron chi connectivity index (χ2n) is 6.99. The van der Waals surface area contributed by atoms with E-state index in [0.717, 1.165) is 47.9 Å². The highest BCUT2D eigenvalue weighted by Gasteiger charge is 2.36. The molecule has 5 heteroatoms. The third-order valence-corrected chi connectivity index (χ3v) is 5.35. The number of furan rings is 1. The van der Waals surface area contributed by atoms with Gasteiger partial charge in [-0.2, -0.15) is 5.10 Å². The summed E-state index contributed by atoms with van der Waals surface area (Å²) in [6.45, 7) is 10.8. The predicted octanol–water partition coefficient (Wildman–Crippen LogP) is 3.71. The van der Waals surface area contributed by atoms with Crippen molar-refractivity contribution in [3.8, 4) is 0 Å². The highest BCUT2D eigenvalue weighted by Crippen LogP contribution is 2.38. The van der Waals surface area contributed by atoms with E-state index in [1.807, 2.05) is 50.4 Å². The van der Waals surface area contributed by atoms with Crippen LogP contribution in [0, 0.1) is 27.7 Å². The van der Waals surface area contributed by atoms with Gasteiger partial charge in [0.2, 0.25) is 5.91 Å². The fraction of sp³-hybridized carbons (Fsp3) is 0.579. The molecule has 1 aliphatic rings. The van der Waals surface area contributed by atoms with Crippen molar-refractivity contribution in [1.29, 1.82) is 0 Å². The molecule has 24 heavy (non-hydrogen) atoms. The largest absolute Gasteiger partial charge is 0.466 e. The maximum Gasteiger partial charge on any atom is 0.230 e. The lowest BCUT2D eigenvalue weighted by atomic mass is 9.97. The summed E-state index contributed by atoms with van der Waals surface area (Å²) in [5, 5.41) is 4.53. The summed E-state index contributed by atoms with van der Waals surface area (Å²) in [5.74, 6) is 1.71. The summed E-state index contributed by atoms with van der Waals surface area (Å²) in [5.41, 5.74) is 4.40. The van der Waals surface area contributed by atoms with E-state index >= 15 is 0 Å². The number of likely N-dealkylation sites (tertiary alicyclic amines) is 1. The number of carbonyl (C=O) groups is 1. The lowest BCUT2D eigenvalue weighted by Crippen LogP contribution is -2.34. The van der Waals surface area contributed by atoms with Crippen LogP contribution in [-0.4, -0.2) is 27.1 Å². The molecule has 0 aromatic carbocycles. The zero-order valence-electron chi connectivity index (χ0n) is 15.5. The highest BCUT2D eigenvalue weighted by molar-refractivity contribution is 5.84. The first-order chi connectivity index (χ1) is 11.3. The van der Waals surface area contributed by atoms with Crippen LogP contribution >= 0.6 is 0 Å². The van der Waals surface area contributed by atoms with E-state index in [4.69, 9.17) is 4.42 Å². The minimum absolute atomic E-state index is 0.141. The van der Waals surface area contributed by atoms with E-state index in [1.54, 1.807) is 0 Å². The smallest absolute Gasteiger partial charge is 0.230 e. The summed E-state index contributed by atoms with van der Waals surface area (Å²) in [7, 11) is 1.97. The zero-order valence-corrected chi connectivity index (χ0v) is 15.5. The molecule has 1 aliphatic heterocycles. The van der Waals surface area contributed by atoms with Gasteiger partial charge >= 0.3 is 0 Å². The molecule has 3 heterocycles. The Morgan fingerprint density at radius 1 is 1.33 bits per heavy atom. The molecule has 130 valence electrons. The number of amides is 1. The van der Waals surface area contributed by atoms with E-state index < -0.39 is 0 Å². The van der Waals surface area contributed by atoms with Crippen molar-refractivity contribution >= 4 is 5.91 Å². The van der Waals surface area contributed by atoms with Gasteiger partial charge in [-0.05, 0) is 53.5 Å². The topological polar surface area (TPSA) is 51.3 Å². The van der Waals surface area contributed by atoms with Crippen LogP contribution in [0.5, 0.6) is 0 Å². The molecular formula is C19H27N3O2. The summed E-state index contributed by atoms with van der Waals surface area (Å²) in [6.07, 6.45) is 2.05. The number of hydrogen-bond donors (Lipinski definition) is 0. The van der Waals surface area contributed by atoms with E-state index in [0.29, 0.717) is 0 Å².